The Kier molecular flexibility index (Phi) is 4.38. The Morgan fingerprint density at radius 2 is 1.90 bits per heavy atom. The number of hydrogen-bond donors (Lipinski definition) is 1. The Balaban J connectivity index is 2.61. The summed E-state index contributed by atoms with van der Waals surface area (Å²) in [5.74, 6) is -1.32. The fourth-order valence-electron chi connectivity index (χ4n) is 3.05. The minimum atomic E-state index is -1.11. The molecule has 0 atom stereocenters. The van der Waals surface area contributed by atoms with E-state index in [-0.39, 0.29) is 16.5 Å². The maximum atomic E-state index is 14.4. The van der Waals surface area contributed by atoms with Gasteiger partial charge >= 0.3 is 5.97 Å². The molecule has 1 N–H and O–H groups in total. The molecule has 110 valence electrons. The zero-order chi connectivity index (χ0) is 14.9. The first-order valence-electron chi connectivity index (χ1n) is 7.11. The number of aliphatic carboxylic acids is 1. The molecule has 0 heterocycles. The van der Waals surface area contributed by atoms with Crippen LogP contribution in [0.2, 0.25) is 5.02 Å². The van der Waals surface area contributed by atoms with Crippen LogP contribution in [0.15, 0.2) is 12.1 Å². The Bertz CT molecular complexity index is 519. The molecule has 0 unspecified atom stereocenters. The molecule has 1 fully saturated rings. The molecule has 0 radical (unpaired) electrons. The van der Waals surface area contributed by atoms with Gasteiger partial charge in [-0.25, -0.2) is 4.39 Å². The van der Waals surface area contributed by atoms with Gasteiger partial charge in [0, 0.05) is 5.56 Å². The van der Waals surface area contributed by atoms with Gasteiger partial charge in [-0.15, -0.1) is 0 Å². The number of carboxylic acid groups (broad SMARTS) is 1. The van der Waals surface area contributed by atoms with Crippen LogP contribution in [0, 0.1) is 5.82 Å². The molecule has 2 rings (SSSR count). The Morgan fingerprint density at radius 3 is 2.40 bits per heavy atom. The molecule has 20 heavy (non-hydrogen) atoms. The number of hydrogen-bond acceptors (Lipinski definition) is 1. The van der Waals surface area contributed by atoms with Crippen LogP contribution in [0.3, 0.4) is 0 Å². The predicted octanol–water partition coefficient (Wildman–Crippen LogP) is 4.89. The van der Waals surface area contributed by atoms with Crippen molar-refractivity contribution >= 4 is 17.6 Å². The van der Waals surface area contributed by atoms with Gasteiger partial charge in [0.15, 0.2) is 0 Å². The summed E-state index contributed by atoms with van der Waals surface area (Å²) in [6, 6.07) is 3.30. The number of rotatable bonds is 3. The van der Waals surface area contributed by atoms with Crippen molar-refractivity contribution in [2.24, 2.45) is 0 Å². The van der Waals surface area contributed by atoms with Crippen LogP contribution in [0.1, 0.15) is 63.0 Å². The lowest BCUT2D eigenvalue weighted by Gasteiger charge is -2.34. The molecular formula is C16H20ClFO2. The molecule has 1 aromatic rings. The summed E-state index contributed by atoms with van der Waals surface area (Å²) in [5, 5.41) is 9.70. The van der Waals surface area contributed by atoms with E-state index in [2.05, 4.69) is 0 Å². The fraction of sp³-hybridized carbons (Fsp3) is 0.562. The normalized spacial score (nSPS) is 18.2. The fourth-order valence-corrected chi connectivity index (χ4v) is 3.27. The smallest absolute Gasteiger partial charge is 0.314 e. The lowest BCUT2D eigenvalue weighted by molar-refractivity contribution is -0.145. The largest absolute Gasteiger partial charge is 0.481 e. The maximum Gasteiger partial charge on any atom is 0.314 e. The van der Waals surface area contributed by atoms with Crippen molar-refractivity contribution in [3.63, 3.8) is 0 Å². The van der Waals surface area contributed by atoms with Crippen molar-refractivity contribution in [3.8, 4) is 0 Å². The monoisotopic (exact) mass is 298 g/mol. The molecule has 2 nitrogen and oxygen atoms in total. The minimum absolute atomic E-state index is 0.0254. The molecule has 1 saturated carbocycles. The molecule has 0 aliphatic heterocycles. The number of halogens is 2. The van der Waals surface area contributed by atoms with E-state index in [0.717, 1.165) is 24.8 Å². The highest BCUT2D eigenvalue weighted by atomic mass is 35.5. The van der Waals surface area contributed by atoms with E-state index < -0.39 is 17.2 Å². The molecule has 1 aliphatic rings. The second-order valence-electron chi connectivity index (χ2n) is 5.97. The highest BCUT2D eigenvalue weighted by molar-refractivity contribution is 6.31. The van der Waals surface area contributed by atoms with Crippen LogP contribution >= 0.6 is 11.6 Å². The van der Waals surface area contributed by atoms with Crippen LogP contribution in [0.25, 0.3) is 0 Å². The predicted molar refractivity (Wildman–Crippen MR) is 77.9 cm³/mol. The first-order valence-corrected chi connectivity index (χ1v) is 7.49. The third-order valence-electron chi connectivity index (χ3n) is 4.35. The third-order valence-corrected chi connectivity index (χ3v) is 4.62. The summed E-state index contributed by atoms with van der Waals surface area (Å²) in [4.78, 5) is 11.8. The van der Waals surface area contributed by atoms with Crippen LogP contribution in [0.4, 0.5) is 4.39 Å². The van der Waals surface area contributed by atoms with Crippen molar-refractivity contribution in [2.75, 3.05) is 0 Å². The lowest BCUT2D eigenvalue weighted by atomic mass is 9.69. The molecule has 1 aliphatic carbocycles. The first-order chi connectivity index (χ1) is 9.38. The maximum absolute atomic E-state index is 14.4. The average molecular weight is 299 g/mol. The van der Waals surface area contributed by atoms with E-state index in [9.17, 15) is 14.3 Å². The van der Waals surface area contributed by atoms with Crippen LogP contribution in [-0.2, 0) is 10.2 Å². The molecule has 0 spiro atoms. The summed E-state index contributed by atoms with van der Waals surface area (Å²) in [6.45, 7) is 3.98. The Morgan fingerprint density at radius 1 is 1.30 bits per heavy atom. The van der Waals surface area contributed by atoms with Gasteiger partial charge in [-0.05, 0) is 30.4 Å². The number of benzene rings is 1. The SMILES string of the molecule is CC(C)c1cc(Cl)c(F)c(C2(C(=O)O)CCCCC2)c1. The Hall–Kier alpha value is -1.09. The number of carboxylic acids is 1. The third kappa shape index (κ3) is 2.56. The molecule has 0 bridgehead atoms. The van der Waals surface area contributed by atoms with E-state index in [1.54, 1.807) is 12.1 Å². The minimum Gasteiger partial charge on any atom is -0.481 e. The van der Waals surface area contributed by atoms with Gasteiger partial charge in [-0.1, -0.05) is 50.8 Å². The van der Waals surface area contributed by atoms with Crippen molar-refractivity contribution in [2.45, 2.75) is 57.3 Å². The second kappa shape index (κ2) is 5.72. The summed E-state index contributed by atoms with van der Waals surface area (Å²) >= 11 is 5.98. The summed E-state index contributed by atoms with van der Waals surface area (Å²) in [6.07, 6.45) is 3.60. The van der Waals surface area contributed by atoms with Gasteiger partial charge < -0.3 is 5.11 Å². The quantitative estimate of drug-likeness (QED) is 0.862. The van der Waals surface area contributed by atoms with Gasteiger partial charge in [0.05, 0.1) is 10.4 Å². The molecule has 1 aromatic carbocycles. The first kappa shape index (κ1) is 15.3. The zero-order valence-corrected chi connectivity index (χ0v) is 12.6. The van der Waals surface area contributed by atoms with Crippen LogP contribution in [-0.4, -0.2) is 11.1 Å². The van der Waals surface area contributed by atoms with Gasteiger partial charge in [0.2, 0.25) is 0 Å². The molecule has 0 aromatic heterocycles. The van der Waals surface area contributed by atoms with Crippen molar-refractivity contribution in [3.05, 3.63) is 34.1 Å². The topological polar surface area (TPSA) is 37.3 Å². The van der Waals surface area contributed by atoms with Gasteiger partial charge in [-0.3, -0.25) is 4.79 Å². The van der Waals surface area contributed by atoms with Gasteiger partial charge in [-0.2, -0.15) is 0 Å². The highest BCUT2D eigenvalue weighted by Crippen LogP contribution is 2.43. The van der Waals surface area contributed by atoms with Crippen LogP contribution < -0.4 is 0 Å². The summed E-state index contributed by atoms with van der Waals surface area (Å²) < 4.78 is 14.4. The van der Waals surface area contributed by atoms with Crippen molar-refractivity contribution < 1.29 is 14.3 Å². The molecular weight excluding hydrogens is 279 g/mol. The van der Waals surface area contributed by atoms with E-state index in [1.165, 1.54) is 0 Å². The Labute approximate surface area is 123 Å². The van der Waals surface area contributed by atoms with Crippen molar-refractivity contribution in [1.29, 1.82) is 0 Å². The molecule has 0 amide bonds. The van der Waals surface area contributed by atoms with E-state index >= 15 is 0 Å². The molecule has 4 heteroatoms. The molecule has 0 saturated heterocycles. The lowest BCUT2D eigenvalue weighted by Crippen LogP contribution is -2.38. The standard InChI is InChI=1S/C16H20ClFO2/c1-10(2)11-8-12(14(18)13(17)9-11)16(15(19)20)6-4-3-5-7-16/h8-10H,3-7H2,1-2H3,(H,19,20). The van der Waals surface area contributed by atoms with Crippen LogP contribution in [0.5, 0.6) is 0 Å². The van der Waals surface area contributed by atoms with E-state index in [1.807, 2.05) is 13.8 Å². The van der Waals surface area contributed by atoms with E-state index in [4.69, 9.17) is 11.6 Å². The van der Waals surface area contributed by atoms with Gasteiger partial charge in [0.1, 0.15) is 5.82 Å². The van der Waals surface area contributed by atoms with Gasteiger partial charge in [0.25, 0.3) is 0 Å². The van der Waals surface area contributed by atoms with Crippen molar-refractivity contribution in [1.82, 2.24) is 0 Å². The number of carbonyl (C=O) groups is 1. The summed E-state index contributed by atoms with van der Waals surface area (Å²) in [5.41, 5.74) is 0.0372. The summed E-state index contributed by atoms with van der Waals surface area (Å²) in [7, 11) is 0. The average Bonchev–Trinajstić information content (AvgIpc) is 2.42. The zero-order valence-electron chi connectivity index (χ0n) is 11.9. The van der Waals surface area contributed by atoms with E-state index in [0.29, 0.717) is 12.8 Å². The second-order valence-corrected chi connectivity index (χ2v) is 6.37. The highest BCUT2D eigenvalue weighted by Gasteiger charge is 2.43.